The zero-order valence-electron chi connectivity index (χ0n) is 9.81. The van der Waals surface area contributed by atoms with Crippen LogP contribution in [0.1, 0.15) is 16.1 Å². The lowest BCUT2D eigenvalue weighted by Crippen LogP contribution is -2.05. The zero-order chi connectivity index (χ0) is 12.3. The Hall–Kier alpha value is -2.16. The van der Waals surface area contributed by atoms with Crippen LogP contribution < -0.4 is 0 Å². The third-order valence-electron chi connectivity index (χ3n) is 2.49. The van der Waals surface area contributed by atoms with Crippen LogP contribution in [0.2, 0.25) is 0 Å². The predicted octanol–water partition coefficient (Wildman–Crippen LogP) is 2.84. The van der Waals surface area contributed by atoms with Crippen LogP contribution in [-0.2, 0) is 4.74 Å². The molecular formula is C14H13NO2. The smallest absolute Gasteiger partial charge is 0.340 e. The van der Waals surface area contributed by atoms with Gasteiger partial charge in [0.2, 0.25) is 0 Å². The number of carbonyl (C=O) groups excluding carboxylic acids is 1. The van der Waals surface area contributed by atoms with E-state index in [1.165, 1.54) is 7.11 Å². The van der Waals surface area contributed by atoms with Gasteiger partial charge in [0.1, 0.15) is 0 Å². The first kappa shape index (κ1) is 11.3. The van der Waals surface area contributed by atoms with Crippen molar-refractivity contribution in [1.82, 2.24) is 4.98 Å². The Kier molecular flexibility index (Phi) is 3.19. The second-order valence-corrected chi connectivity index (χ2v) is 3.71. The summed E-state index contributed by atoms with van der Waals surface area (Å²) in [6.45, 7) is 1.90. The number of rotatable bonds is 2. The van der Waals surface area contributed by atoms with Crippen LogP contribution in [0.25, 0.3) is 11.3 Å². The Bertz CT molecular complexity index is 535. The van der Waals surface area contributed by atoms with E-state index in [1.807, 2.05) is 37.3 Å². The van der Waals surface area contributed by atoms with Gasteiger partial charge in [0, 0.05) is 11.3 Å². The minimum absolute atomic E-state index is 0.364. The van der Waals surface area contributed by atoms with Gasteiger partial charge in [0.05, 0.1) is 18.4 Å². The van der Waals surface area contributed by atoms with E-state index in [4.69, 9.17) is 4.74 Å². The number of aromatic nitrogens is 1. The van der Waals surface area contributed by atoms with Gasteiger partial charge >= 0.3 is 5.97 Å². The first-order valence-electron chi connectivity index (χ1n) is 5.34. The summed E-state index contributed by atoms with van der Waals surface area (Å²) in [6, 6.07) is 13.2. The fourth-order valence-electron chi connectivity index (χ4n) is 1.65. The Labute approximate surface area is 100 Å². The van der Waals surface area contributed by atoms with E-state index in [9.17, 15) is 4.79 Å². The number of aryl methyl sites for hydroxylation is 1. The maximum Gasteiger partial charge on any atom is 0.340 e. The van der Waals surface area contributed by atoms with Gasteiger partial charge in [0.15, 0.2) is 0 Å². The number of benzene rings is 1. The summed E-state index contributed by atoms with van der Waals surface area (Å²) < 4.78 is 4.76. The van der Waals surface area contributed by atoms with Crippen LogP contribution in [0.5, 0.6) is 0 Å². The summed E-state index contributed by atoms with van der Waals surface area (Å²) in [6.07, 6.45) is 0. The first-order valence-corrected chi connectivity index (χ1v) is 5.34. The molecule has 3 nitrogen and oxygen atoms in total. The molecule has 0 unspecified atom stereocenters. The van der Waals surface area contributed by atoms with Gasteiger partial charge in [-0.15, -0.1) is 0 Å². The lowest BCUT2D eigenvalue weighted by molar-refractivity contribution is 0.0601. The second-order valence-electron chi connectivity index (χ2n) is 3.71. The normalized spacial score (nSPS) is 10.0. The van der Waals surface area contributed by atoms with Gasteiger partial charge in [-0.2, -0.15) is 0 Å². The van der Waals surface area contributed by atoms with E-state index in [0.29, 0.717) is 11.3 Å². The highest BCUT2D eigenvalue weighted by Crippen LogP contribution is 2.22. The molecule has 0 saturated heterocycles. The Balaban J connectivity index is 2.59. The molecule has 0 bridgehead atoms. The predicted molar refractivity (Wildman–Crippen MR) is 65.7 cm³/mol. The third-order valence-corrected chi connectivity index (χ3v) is 2.49. The van der Waals surface area contributed by atoms with Crippen LogP contribution in [0.15, 0.2) is 42.5 Å². The average molecular weight is 227 g/mol. The third kappa shape index (κ3) is 2.33. The molecule has 0 aliphatic rings. The molecule has 0 N–H and O–H groups in total. The first-order chi connectivity index (χ1) is 8.22. The summed E-state index contributed by atoms with van der Waals surface area (Å²) in [5.74, 6) is -0.364. The molecule has 0 atom stereocenters. The number of hydrogen-bond donors (Lipinski definition) is 0. The standard InChI is InChI=1S/C14H13NO2/c1-10-8-9-12(14(16)17-2)13(15-10)11-6-4-3-5-7-11/h3-9H,1-2H3. The molecule has 1 aromatic carbocycles. The fraction of sp³-hybridized carbons (Fsp3) is 0.143. The SMILES string of the molecule is COC(=O)c1ccc(C)nc1-c1ccccc1. The lowest BCUT2D eigenvalue weighted by Gasteiger charge is -2.07. The van der Waals surface area contributed by atoms with E-state index < -0.39 is 0 Å². The molecule has 2 rings (SSSR count). The lowest BCUT2D eigenvalue weighted by atomic mass is 10.1. The minimum Gasteiger partial charge on any atom is -0.465 e. The molecule has 0 amide bonds. The number of pyridine rings is 1. The number of carbonyl (C=O) groups is 1. The quantitative estimate of drug-likeness (QED) is 0.740. The summed E-state index contributed by atoms with van der Waals surface area (Å²) in [5.41, 5.74) is 2.94. The highest BCUT2D eigenvalue weighted by Gasteiger charge is 2.14. The highest BCUT2D eigenvalue weighted by molar-refractivity contribution is 5.96. The largest absolute Gasteiger partial charge is 0.465 e. The highest BCUT2D eigenvalue weighted by atomic mass is 16.5. The van der Waals surface area contributed by atoms with Crippen molar-refractivity contribution in [2.75, 3.05) is 7.11 Å². The summed E-state index contributed by atoms with van der Waals surface area (Å²) in [7, 11) is 1.37. The molecule has 0 spiro atoms. The van der Waals surface area contributed by atoms with Gasteiger partial charge in [-0.05, 0) is 19.1 Å². The van der Waals surface area contributed by atoms with Crippen LogP contribution in [0.3, 0.4) is 0 Å². The Morgan fingerprint density at radius 1 is 1.12 bits per heavy atom. The van der Waals surface area contributed by atoms with Crippen molar-refractivity contribution < 1.29 is 9.53 Å². The maximum atomic E-state index is 11.7. The van der Waals surface area contributed by atoms with Crippen molar-refractivity contribution in [3.05, 3.63) is 53.7 Å². The van der Waals surface area contributed by atoms with Gasteiger partial charge in [-0.3, -0.25) is 4.98 Å². The molecule has 0 radical (unpaired) electrons. The summed E-state index contributed by atoms with van der Waals surface area (Å²) in [5, 5.41) is 0. The fourth-order valence-corrected chi connectivity index (χ4v) is 1.65. The zero-order valence-corrected chi connectivity index (χ0v) is 9.81. The maximum absolute atomic E-state index is 11.7. The van der Waals surface area contributed by atoms with Crippen molar-refractivity contribution >= 4 is 5.97 Å². The van der Waals surface area contributed by atoms with E-state index in [0.717, 1.165) is 11.3 Å². The van der Waals surface area contributed by atoms with E-state index in [2.05, 4.69) is 4.98 Å². The summed E-state index contributed by atoms with van der Waals surface area (Å²) in [4.78, 5) is 16.1. The minimum atomic E-state index is -0.364. The Morgan fingerprint density at radius 2 is 1.82 bits per heavy atom. The molecule has 1 aromatic heterocycles. The van der Waals surface area contributed by atoms with Crippen molar-refractivity contribution in [3.63, 3.8) is 0 Å². The van der Waals surface area contributed by atoms with Crippen LogP contribution in [-0.4, -0.2) is 18.1 Å². The van der Waals surface area contributed by atoms with Crippen LogP contribution in [0, 0.1) is 6.92 Å². The molecule has 3 heteroatoms. The number of ether oxygens (including phenoxy) is 1. The number of nitrogens with zero attached hydrogens (tertiary/aromatic N) is 1. The van der Waals surface area contributed by atoms with Gasteiger partial charge in [-0.25, -0.2) is 4.79 Å². The van der Waals surface area contributed by atoms with E-state index in [1.54, 1.807) is 12.1 Å². The van der Waals surface area contributed by atoms with Crippen molar-refractivity contribution in [2.45, 2.75) is 6.92 Å². The molecule has 1 heterocycles. The molecule has 17 heavy (non-hydrogen) atoms. The molecule has 86 valence electrons. The molecule has 0 aliphatic heterocycles. The van der Waals surface area contributed by atoms with E-state index >= 15 is 0 Å². The monoisotopic (exact) mass is 227 g/mol. The molecule has 2 aromatic rings. The van der Waals surface area contributed by atoms with Crippen molar-refractivity contribution in [1.29, 1.82) is 0 Å². The van der Waals surface area contributed by atoms with Gasteiger partial charge < -0.3 is 4.74 Å². The van der Waals surface area contributed by atoms with Crippen LogP contribution in [0.4, 0.5) is 0 Å². The molecule has 0 fully saturated rings. The topological polar surface area (TPSA) is 39.2 Å². The number of hydrogen-bond acceptors (Lipinski definition) is 3. The van der Waals surface area contributed by atoms with E-state index in [-0.39, 0.29) is 5.97 Å². The molecular weight excluding hydrogens is 214 g/mol. The second kappa shape index (κ2) is 4.78. The number of esters is 1. The van der Waals surface area contributed by atoms with Crippen molar-refractivity contribution in [2.24, 2.45) is 0 Å². The van der Waals surface area contributed by atoms with Gasteiger partial charge in [0.25, 0.3) is 0 Å². The molecule has 0 saturated carbocycles. The Morgan fingerprint density at radius 3 is 2.47 bits per heavy atom. The van der Waals surface area contributed by atoms with Crippen molar-refractivity contribution in [3.8, 4) is 11.3 Å². The average Bonchev–Trinajstić information content (AvgIpc) is 2.39. The van der Waals surface area contributed by atoms with Crippen LogP contribution >= 0.6 is 0 Å². The number of methoxy groups -OCH3 is 1. The molecule has 0 aliphatic carbocycles. The van der Waals surface area contributed by atoms with Gasteiger partial charge in [-0.1, -0.05) is 30.3 Å². The summed E-state index contributed by atoms with van der Waals surface area (Å²) >= 11 is 0.